The van der Waals surface area contributed by atoms with Gasteiger partial charge in [0, 0.05) is 34.4 Å². The van der Waals surface area contributed by atoms with Crippen LogP contribution in [0.2, 0.25) is 0 Å². The van der Waals surface area contributed by atoms with Gasteiger partial charge in [-0.2, -0.15) is 0 Å². The van der Waals surface area contributed by atoms with E-state index in [9.17, 15) is 4.79 Å². The number of likely N-dealkylation sites (tertiary alicyclic amines) is 1. The quantitative estimate of drug-likeness (QED) is 0.300. The summed E-state index contributed by atoms with van der Waals surface area (Å²) in [6, 6.07) is 10.5. The van der Waals surface area contributed by atoms with Crippen LogP contribution >= 0.6 is 27.3 Å². The minimum atomic E-state index is 0.00991. The predicted octanol–water partition coefficient (Wildman–Crippen LogP) is 7.96. The van der Waals surface area contributed by atoms with Gasteiger partial charge < -0.3 is 14.4 Å². The molecule has 5 nitrogen and oxygen atoms in total. The van der Waals surface area contributed by atoms with Crippen LogP contribution in [-0.2, 0) is 10.8 Å². The Morgan fingerprint density at radius 3 is 2.26 bits per heavy atom. The van der Waals surface area contributed by atoms with E-state index in [-0.39, 0.29) is 16.7 Å². The molecule has 0 unspecified atom stereocenters. The van der Waals surface area contributed by atoms with E-state index in [0.717, 1.165) is 18.5 Å². The van der Waals surface area contributed by atoms with E-state index in [4.69, 9.17) is 14.5 Å². The molecule has 1 amide bonds. The van der Waals surface area contributed by atoms with Crippen molar-refractivity contribution in [2.45, 2.75) is 70.1 Å². The third-order valence-electron chi connectivity index (χ3n) is 8.51. The van der Waals surface area contributed by atoms with Gasteiger partial charge in [0.1, 0.15) is 0 Å². The Labute approximate surface area is 238 Å². The van der Waals surface area contributed by atoms with E-state index in [1.54, 1.807) is 37.7 Å². The number of rotatable bonds is 5. The highest BCUT2D eigenvalue weighted by Crippen LogP contribution is 2.47. The average Bonchev–Trinajstić information content (AvgIpc) is 3.41. The zero-order valence-electron chi connectivity index (χ0n) is 23.2. The van der Waals surface area contributed by atoms with Crippen molar-refractivity contribution >= 4 is 33.2 Å². The summed E-state index contributed by atoms with van der Waals surface area (Å²) in [6.07, 6.45) is 4.25. The molecule has 0 N–H and O–H groups in total. The molecule has 1 fully saturated rings. The number of fused-ring (bicyclic) bond motifs is 1. The lowest BCUT2D eigenvalue weighted by atomic mass is 9.63. The number of hydrogen-bond donors (Lipinski definition) is 0. The number of benzene rings is 2. The lowest BCUT2D eigenvalue weighted by Crippen LogP contribution is -2.38. The van der Waals surface area contributed by atoms with Gasteiger partial charge in [0.15, 0.2) is 11.5 Å². The summed E-state index contributed by atoms with van der Waals surface area (Å²) < 4.78 is 11.5. The molecule has 0 saturated carbocycles. The molecule has 0 spiro atoms. The van der Waals surface area contributed by atoms with Crippen LogP contribution in [0.1, 0.15) is 85.8 Å². The number of piperidine rings is 1. The van der Waals surface area contributed by atoms with Crippen molar-refractivity contribution in [3.05, 3.63) is 61.9 Å². The van der Waals surface area contributed by atoms with Crippen LogP contribution in [0.15, 0.2) is 40.2 Å². The summed E-state index contributed by atoms with van der Waals surface area (Å²) in [6.45, 7) is 10.9. The van der Waals surface area contributed by atoms with Gasteiger partial charge in [-0.05, 0) is 81.8 Å². The summed E-state index contributed by atoms with van der Waals surface area (Å²) in [4.78, 5) is 20.4. The Bertz CT molecular complexity index is 1360. The molecule has 0 radical (unpaired) electrons. The minimum absolute atomic E-state index is 0.00991. The summed E-state index contributed by atoms with van der Waals surface area (Å²) in [5, 5.41) is 3.38. The topological polar surface area (TPSA) is 51.7 Å². The van der Waals surface area contributed by atoms with E-state index < -0.39 is 0 Å². The van der Waals surface area contributed by atoms with Crippen LogP contribution in [0, 0.1) is 0 Å². The molecule has 5 rings (SSSR count). The Morgan fingerprint density at radius 2 is 1.61 bits per heavy atom. The number of thiazole rings is 1. The van der Waals surface area contributed by atoms with E-state index in [1.165, 1.54) is 34.5 Å². The Balaban J connectivity index is 1.29. The molecule has 202 valence electrons. The van der Waals surface area contributed by atoms with E-state index in [0.29, 0.717) is 40.5 Å². The van der Waals surface area contributed by atoms with Crippen LogP contribution in [0.3, 0.4) is 0 Å². The molecule has 3 aromatic rings. The summed E-state index contributed by atoms with van der Waals surface area (Å²) in [5.41, 5.74) is 6.22. The van der Waals surface area contributed by atoms with Gasteiger partial charge >= 0.3 is 0 Å². The molecule has 2 aliphatic rings. The van der Waals surface area contributed by atoms with Crippen molar-refractivity contribution in [2.24, 2.45) is 0 Å². The van der Waals surface area contributed by atoms with Gasteiger partial charge in [-0.15, -0.1) is 11.3 Å². The predicted molar refractivity (Wildman–Crippen MR) is 158 cm³/mol. The molecule has 1 aliphatic carbocycles. The maximum Gasteiger partial charge on any atom is 0.255 e. The number of aromatic nitrogens is 1. The maximum atomic E-state index is 13.3. The van der Waals surface area contributed by atoms with Gasteiger partial charge in [-0.1, -0.05) is 39.8 Å². The number of nitrogens with zero attached hydrogens (tertiary/aromatic N) is 2. The van der Waals surface area contributed by atoms with Crippen LogP contribution in [-0.4, -0.2) is 43.1 Å². The molecule has 1 aromatic heterocycles. The SMILES string of the molecule is COc1cc(Br)c(C(=O)N2CCC(c3nc(-c4ccc5c(c4)C(C)(C)CCC5(C)C)cs3)CC2)cc1OC. The third-order valence-corrected chi connectivity index (χ3v) is 10.2. The zero-order valence-corrected chi connectivity index (χ0v) is 25.6. The van der Waals surface area contributed by atoms with E-state index in [2.05, 4.69) is 67.2 Å². The first kappa shape index (κ1) is 27.2. The molecule has 38 heavy (non-hydrogen) atoms. The Kier molecular flexibility index (Phi) is 7.38. The van der Waals surface area contributed by atoms with Crippen molar-refractivity contribution in [3.63, 3.8) is 0 Å². The minimum Gasteiger partial charge on any atom is -0.493 e. The fourth-order valence-electron chi connectivity index (χ4n) is 5.87. The number of amides is 1. The standard InChI is InChI=1S/C31H37BrN2O3S/c1-30(2)11-12-31(3,4)23-15-20(7-8-22(23)30)25-18-38-28(33-25)19-9-13-34(14-10-19)29(35)21-16-26(36-5)27(37-6)17-24(21)32/h7-8,15-19H,9-14H2,1-6H3. The first-order chi connectivity index (χ1) is 18.0. The zero-order chi connectivity index (χ0) is 27.2. The average molecular weight is 598 g/mol. The number of ether oxygens (including phenoxy) is 2. The molecule has 2 heterocycles. The highest BCUT2D eigenvalue weighted by atomic mass is 79.9. The number of carbonyl (C=O) groups is 1. The van der Waals surface area contributed by atoms with Crippen LogP contribution < -0.4 is 9.47 Å². The summed E-state index contributed by atoms with van der Waals surface area (Å²) >= 11 is 5.29. The molecule has 2 aromatic carbocycles. The van der Waals surface area contributed by atoms with Gasteiger partial charge in [0.25, 0.3) is 5.91 Å². The molecule has 0 atom stereocenters. The summed E-state index contributed by atoms with van der Waals surface area (Å²) in [5.74, 6) is 1.54. The lowest BCUT2D eigenvalue weighted by Gasteiger charge is -2.42. The van der Waals surface area contributed by atoms with Crippen molar-refractivity contribution in [2.75, 3.05) is 27.3 Å². The van der Waals surface area contributed by atoms with Crippen molar-refractivity contribution in [1.82, 2.24) is 9.88 Å². The Hall–Kier alpha value is -2.38. The first-order valence-electron chi connectivity index (χ1n) is 13.4. The molecule has 1 aliphatic heterocycles. The maximum absolute atomic E-state index is 13.3. The molecular formula is C31H37BrN2O3S. The fourth-order valence-corrected chi connectivity index (χ4v) is 7.37. The second-order valence-electron chi connectivity index (χ2n) is 11.9. The van der Waals surface area contributed by atoms with Gasteiger partial charge in [0.05, 0.1) is 30.5 Å². The van der Waals surface area contributed by atoms with Gasteiger partial charge in [-0.3, -0.25) is 4.79 Å². The van der Waals surface area contributed by atoms with E-state index >= 15 is 0 Å². The second kappa shape index (κ2) is 10.3. The van der Waals surface area contributed by atoms with Crippen molar-refractivity contribution < 1.29 is 14.3 Å². The number of halogens is 1. The summed E-state index contributed by atoms with van der Waals surface area (Å²) in [7, 11) is 3.17. The number of hydrogen-bond acceptors (Lipinski definition) is 5. The van der Waals surface area contributed by atoms with Crippen LogP contribution in [0.5, 0.6) is 11.5 Å². The van der Waals surface area contributed by atoms with Crippen LogP contribution in [0.4, 0.5) is 0 Å². The number of methoxy groups -OCH3 is 2. The molecule has 1 saturated heterocycles. The molecular weight excluding hydrogens is 560 g/mol. The van der Waals surface area contributed by atoms with Crippen molar-refractivity contribution in [1.29, 1.82) is 0 Å². The van der Waals surface area contributed by atoms with Crippen molar-refractivity contribution in [3.8, 4) is 22.8 Å². The number of carbonyl (C=O) groups excluding carboxylic acids is 1. The van der Waals surface area contributed by atoms with Gasteiger partial charge in [0.2, 0.25) is 0 Å². The third kappa shape index (κ3) is 5.00. The van der Waals surface area contributed by atoms with E-state index in [1.807, 2.05) is 4.90 Å². The monoisotopic (exact) mass is 596 g/mol. The highest BCUT2D eigenvalue weighted by Gasteiger charge is 2.37. The largest absolute Gasteiger partial charge is 0.493 e. The molecule has 0 bridgehead atoms. The Morgan fingerprint density at radius 1 is 0.974 bits per heavy atom. The fraction of sp³-hybridized carbons (Fsp3) is 0.484. The van der Waals surface area contributed by atoms with Crippen LogP contribution in [0.25, 0.3) is 11.3 Å². The first-order valence-corrected chi connectivity index (χ1v) is 15.0. The lowest BCUT2D eigenvalue weighted by molar-refractivity contribution is 0.0711. The van der Waals surface area contributed by atoms with Gasteiger partial charge in [-0.25, -0.2) is 4.98 Å². The highest BCUT2D eigenvalue weighted by molar-refractivity contribution is 9.10. The molecule has 7 heteroatoms. The smallest absolute Gasteiger partial charge is 0.255 e. The second-order valence-corrected chi connectivity index (χ2v) is 13.6. The normalized spacial score (nSPS) is 18.7.